The summed E-state index contributed by atoms with van der Waals surface area (Å²) < 4.78 is 36.4. The van der Waals surface area contributed by atoms with Gasteiger partial charge in [-0.05, 0) is 50.8 Å². The van der Waals surface area contributed by atoms with Crippen molar-refractivity contribution in [2.24, 2.45) is 5.92 Å². The number of alkyl halides is 1. The summed E-state index contributed by atoms with van der Waals surface area (Å²) in [5.74, 6) is 1.02. The number of fused-ring (bicyclic) bond motifs is 3. The average molecular weight is 482 g/mol. The van der Waals surface area contributed by atoms with Crippen LogP contribution in [0.15, 0.2) is 42.5 Å². The predicted octanol–water partition coefficient (Wildman–Crippen LogP) is 6.11. The second-order valence-electron chi connectivity index (χ2n) is 11.0. The Balaban J connectivity index is 1.42. The van der Waals surface area contributed by atoms with Crippen molar-refractivity contribution in [3.8, 4) is 5.75 Å². The lowest BCUT2D eigenvalue weighted by atomic mass is 9.87. The fraction of sp³-hybridized carbons (Fsp3) is 0.517. The molecule has 0 unspecified atom stereocenters. The van der Waals surface area contributed by atoms with Crippen molar-refractivity contribution in [3.05, 3.63) is 65.1 Å². The molecule has 1 aromatic heterocycles. The van der Waals surface area contributed by atoms with Gasteiger partial charge in [0.15, 0.2) is 0 Å². The summed E-state index contributed by atoms with van der Waals surface area (Å²) in [5, 5.41) is 1.16. The van der Waals surface area contributed by atoms with E-state index in [0.29, 0.717) is 17.9 Å². The Morgan fingerprint density at radius 3 is 2.63 bits per heavy atom. The first-order valence-corrected chi connectivity index (χ1v) is 12.9. The van der Waals surface area contributed by atoms with Crippen LogP contribution < -0.4 is 4.74 Å². The van der Waals surface area contributed by atoms with Gasteiger partial charge in [-0.1, -0.05) is 37.6 Å². The molecule has 5 rings (SSSR count). The summed E-state index contributed by atoms with van der Waals surface area (Å²) in [5.41, 5.74) is 2.35. The van der Waals surface area contributed by atoms with Crippen LogP contribution >= 0.6 is 0 Å². The molecular weight excluding hydrogens is 444 g/mol. The lowest BCUT2D eigenvalue weighted by molar-refractivity contribution is 0.0655. The van der Waals surface area contributed by atoms with Crippen LogP contribution in [0.2, 0.25) is 0 Å². The van der Waals surface area contributed by atoms with E-state index < -0.39 is 11.7 Å². The fourth-order valence-corrected chi connectivity index (χ4v) is 5.75. The van der Waals surface area contributed by atoms with E-state index in [1.165, 1.54) is 18.1 Å². The second kappa shape index (κ2) is 9.55. The summed E-state index contributed by atoms with van der Waals surface area (Å²) in [6.45, 7) is 11.4. The lowest BCUT2D eigenvalue weighted by Gasteiger charge is -2.43. The van der Waals surface area contributed by atoms with Gasteiger partial charge in [0.1, 0.15) is 23.8 Å². The van der Waals surface area contributed by atoms with Crippen molar-refractivity contribution in [1.82, 2.24) is 14.8 Å². The van der Waals surface area contributed by atoms with Crippen molar-refractivity contribution < 1.29 is 13.5 Å². The molecule has 0 bridgehead atoms. The van der Waals surface area contributed by atoms with Gasteiger partial charge in [0.05, 0.1) is 6.04 Å². The van der Waals surface area contributed by atoms with Crippen LogP contribution in [0.4, 0.5) is 8.78 Å². The van der Waals surface area contributed by atoms with Gasteiger partial charge in [0, 0.05) is 60.4 Å². The van der Waals surface area contributed by atoms with E-state index in [-0.39, 0.29) is 18.4 Å². The number of para-hydroxylation sites is 1. The molecule has 2 atom stereocenters. The summed E-state index contributed by atoms with van der Waals surface area (Å²) >= 11 is 0. The van der Waals surface area contributed by atoms with E-state index in [4.69, 9.17) is 4.74 Å². The fourth-order valence-electron chi connectivity index (χ4n) is 5.75. The number of aromatic nitrogens is 1. The Morgan fingerprint density at radius 2 is 1.91 bits per heavy atom. The average Bonchev–Trinajstić information content (AvgIpc) is 3.13. The molecule has 1 N–H and O–H groups in total. The minimum absolute atomic E-state index is 0.0699. The van der Waals surface area contributed by atoms with E-state index in [0.717, 1.165) is 48.6 Å². The maximum Gasteiger partial charge on any atom is 0.132 e. The number of ether oxygens (including phenoxy) is 1. The molecule has 0 spiro atoms. The molecule has 3 heterocycles. The number of benzene rings is 2. The normalized spacial score (nSPS) is 21.8. The van der Waals surface area contributed by atoms with Gasteiger partial charge in [0.2, 0.25) is 0 Å². The highest BCUT2D eigenvalue weighted by Crippen LogP contribution is 2.42. The molecule has 188 valence electrons. The summed E-state index contributed by atoms with van der Waals surface area (Å²) in [6.07, 6.45) is 2.02. The molecule has 35 heavy (non-hydrogen) atoms. The Kier molecular flexibility index (Phi) is 6.62. The van der Waals surface area contributed by atoms with E-state index >= 15 is 4.39 Å². The highest BCUT2D eigenvalue weighted by molar-refractivity contribution is 5.85. The molecule has 0 saturated carbocycles. The number of halogens is 2. The first-order valence-electron chi connectivity index (χ1n) is 12.9. The molecule has 2 aromatic carbocycles. The van der Waals surface area contributed by atoms with Crippen molar-refractivity contribution in [1.29, 1.82) is 0 Å². The summed E-state index contributed by atoms with van der Waals surface area (Å²) in [7, 11) is 0. The predicted molar refractivity (Wildman–Crippen MR) is 137 cm³/mol. The molecule has 0 amide bonds. The third-order valence-corrected chi connectivity index (χ3v) is 7.63. The second-order valence-corrected chi connectivity index (χ2v) is 11.0. The van der Waals surface area contributed by atoms with E-state index in [1.807, 2.05) is 30.3 Å². The van der Waals surface area contributed by atoms with Crippen LogP contribution in [0, 0.1) is 11.7 Å². The molecule has 2 aliphatic heterocycles. The number of nitrogens with zero attached hydrogens (tertiary/aromatic N) is 2. The molecule has 3 aromatic rings. The highest BCUT2D eigenvalue weighted by Gasteiger charge is 2.39. The van der Waals surface area contributed by atoms with Gasteiger partial charge < -0.3 is 9.72 Å². The first-order chi connectivity index (χ1) is 16.7. The SMILES string of the molecule is CCC1CN(CCOc2ccc([C@@H]3c4[nH]c5ccccc5c4C[C@@H](C)N3CC(C)(C)F)c(F)c2)C1. The Bertz CT molecular complexity index is 1180. The number of rotatable bonds is 8. The molecule has 1 saturated heterocycles. The maximum atomic E-state index is 15.7. The van der Waals surface area contributed by atoms with Gasteiger partial charge in [-0.25, -0.2) is 8.78 Å². The van der Waals surface area contributed by atoms with Crippen LogP contribution in [0.25, 0.3) is 10.9 Å². The quantitative estimate of drug-likeness (QED) is 0.421. The lowest BCUT2D eigenvalue weighted by Crippen LogP contribution is -2.48. The van der Waals surface area contributed by atoms with E-state index in [9.17, 15) is 4.39 Å². The Morgan fingerprint density at radius 1 is 1.14 bits per heavy atom. The number of aromatic amines is 1. The Hall–Kier alpha value is -2.44. The zero-order chi connectivity index (χ0) is 24.7. The molecule has 0 aliphatic carbocycles. The largest absolute Gasteiger partial charge is 0.492 e. The zero-order valence-corrected chi connectivity index (χ0v) is 21.3. The smallest absolute Gasteiger partial charge is 0.132 e. The topological polar surface area (TPSA) is 31.5 Å². The molecule has 6 heteroatoms. The van der Waals surface area contributed by atoms with Gasteiger partial charge >= 0.3 is 0 Å². The van der Waals surface area contributed by atoms with Crippen LogP contribution in [-0.2, 0) is 6.42 Å². The van der Waals surface area contributed by atoms with Crippen molar-refractivity contribution in [2.75, 3.05) is 32.8 Å². The van der Waals surface area contributed by atoms with Crippen molar-refractivity contribution in [2.45, 2.75) is 58.3 Å². The Labute approximate surface area is 207 Å². The molecule has 2 aliphatic rings. The molecular formula is C29H37F2N3O. The van der Waals surface area contributed by atoms with Gasteiger partial charge in [0.25, 0.3) is 0 Å². The third-order valence-electron chi connectivity index (χ3n) is 7.63. The minimum Gasteiger partial charge on any atom is -0.492 e. The van der Waals surface area contributed by atoms with Crippen molar-refractivity contribution in [3.63, 3.8) is 0 Å². The number of hydrogen-bond donors (Lipinski definition) is 1. The first kappa shape index (κ1) is 24.3. The van der Waals surface area contributed by atoms with Crippen LogP contribution in [0.3, 0.4) is 0 Å². The molecule has 0 radical (unpaired) electrons. The number of likely N-dealkylation sites (tertiary alicyclic amines) is 1. The van der Waals surface area contributed by atoms with Crippen LogP contribution in [0.5, 0.6) is 5.75 Å². The van der Waals surface area contributed by atoms with Crippen LogP contribution in [-0.4, -0.2) is 59.3 Å². The highest BCUT2D eigenvalue weighted by atomic mass is 19.1. The van der Waals surface area contributed by atoms with Crippen molar-refractivity contribution >= 4 is 10.9 Å². The minimum atomic E-state index is -1.40. The number of hydrogen-bond acceptors (Lipinski definition) is 3. The third kappa shape index (κ3) is 4.96. The van der Waals surface area contributed by atoms with Gasteiger partial charge in [-0.15, -0.1) is 0 Å². The zero-order valence-electron chi connectivity index (χ0n) is 21.3. The number of nitrogens with one attached hydrogen (secondary N) is 1. The van der Waals surface area contributed by atoms with E-state index in [2.05, 4.69) is 34.7 Å². The summed E-state index contributed by atoms with van der Waals surface area (Å²) in [6, 6.07) is 13.0. The van der Waals surface area contributed by atoms with Crippen LogP contribution in [0.1, 0.15) is 57.0 Å². The maximum absolute atomic E-state index is 15.7. The molecule has 4 nitrogen and oxygen atoms in total. The number of H-pyrrole nitrogens is 1. The van der Waals surface area contributed by atoms with Gasteiger partial charge in [-0.2, -0.15) is 0 Å². The summed E-state index contributed by atoms with van der Waals surface area (Å²) in [4.78, 5) is 8.02. The standard InChI is InChI=1S/C29H37F2N3O/c1-5-20-16-33(17-20)12-13-35-21-10-11-23(25(30)15-21)28-27-24(22-8-6-7-9-26(22)32-27)14-19(2)34(28)18-29(3,4)31/h6-11,15,19-20,28,32H,5,12-14,16-18H2,1-4H3/t19-,28-/m1/s1. The van der Waals surface area contributed by atoms with E-state index in [1.54, 1.807) is 13.8 Å². The molecule has 1 fully saturated rings. The monoisotopic (exact) mass is 481 g/mol. The van der Waals surface area contributed by atoms with Gasteiger partial charge in [-0.3, -0.25) is 9.80 Å².